The molecule has 3 nitrogen and oxygen atoms in total. The fraction of sp³-hybridized carbons (Fsp3) is 0.267. The molecular formula is C15H18N2O. The van der Waals surface area contributed by atoms with Gasteiger partial charge < -0.3 is 10.4 Å². The van der Waals surface area contributed by atoms with Crippen LogP contribution in [0.1, 0.15) is 18.1 Å². The highest BCUT2D eigenvalue weighted by Crippen LogP contribution is 2.18. The van der Waals surface area contributed by atoms with E-state index in [4.69, 9.17) is 0 Å². The lowest BCUT2D eigenvalue weighted by Crippen LogP contribution is -2.35. The van der Waals surface area contributed by atoms with Crippen LogP contribution in [0.2, 0.25) is 0 Å². The smallest absolute Gasteiger partial charge is 0.0992 e. The van der Waals surface area contributed by atoms with Gasteiger partial charge in [0, 0.05) is 25.5 Å². The number of pyridine rings is 1. The van der Waals surface area contributed by atoms with E-state index in [9.17, 15) is 5.11 Å². The number of aliphatic hydroxyl groups is 1. The van der Waals surface area contributed by atoms with Gasteiger partial charge in [0.05, 0.1) is 5.60 Å². The summed E-state index contributed by atoms with van der Waals surface area (Å²) in [6.45, 7) is 3.06. The first-order valence-corrected chi connectivity index (χ1v) is 6.06. The molecule has 1 atom stereocenters. The molecule has 0 fully saturated rings. The summed E-state index contributed by atoms with van der Waals surface area (Å²) < 4.78 is 0. The maximum atomic E-state index is 10.4. The standard InChI is InChI=1S/C15H18N2O/c1-15(18,14-5-3-2-4-6-14)12-17-11-13-7-9-16-10-8-13/h2-10,17-18H,11-12H2,1H3. The van der Waals surface area contributed by atoms with Crippen molar-refractivity contribution in [2.75, 3.05) is 6.54 Å². The second-order valence-electron chi connectivity index (χ2n) is 4.60. The van der Waals surface area contributed by atoms with Gasteiger partial charge in [0.2, 0.25) is 0 Å². The Labute approximate surface area is 108 Å². The molecule has 0 saturated carbocycles. The first kappa shape index (κ1) is 12.7. The van der Waals surface area contributed by atoms with Crippen molar-refractivity contribution in [3.8, 4) is 0 Å². The minimum Gasteiger partial charge on any atom is -0.384 e. The van der Waals surface area contributed by atoms with Crippen molar-refractivity contribution in [3.63, 3.8) is 0 Å². The Bertz CT molecular complexity index is 468. The van der Waals surface area contributed by atoms with Crippen molar-refractivity contribution in [2.45, 2.75) is 19.1 Å². The van der Waals surface area contributed by atoms with Gasteiger partial charge in [-0.1, -0.05) is 30.3 Å². The molecule has 0 radical (unpaired) electrons. The highest BCUT2D eigenvalue weighted by Gasteiger charge is 2.21. The Hall–Kier alpha value is -1.71. The molecule has 0 aliphatic rings. The molecule has 1 heterocycles. The van der Waals surface area contributed by atoms with Gasteiger partial charge in [-0.3, -0.25) is 4.98 Å². The Balaban J connectivity index is 1.90. The van der Waals surface area contributed by atoms with Crippen LogP contribution in [0.15, 0.2) is 54.9 Å². The molecule has 0 bridgehead atoms. The van der Waals surface area contributed by atoms with Gasteiger partial charge in [0.15, 0.2) is 0 Å². The molecule has 18 heavy (non-hydrogen) atoms. The highest BCUT2D eigenvalue weighted by atomic mass is 16.3. The lowest BCUT2D eigenvalue weighted by molar-refractivity contribution is 0.0567. The van der Waals surface area contributed by atoms with Crippen LogP contribution in [0, 0.1) is 0 Å². The monoisotopic (exact) mass is 242 g/mol. The third-order valence-corrected chi connectivity index (χ3v) is 2.94. The molecule has 1 aromatic heterocycles. The highest BCUT2D eigenvalue weighted by molar-refractivity contribution is 5.21. The summed E-state index contributed by atoms with van der Waals surface area (Å²) in [6, 6.07) is 13.6. The molecule has 2 aromatic rings. The van der Waals surface area contributed by atoms with Crippen molar-refractivity contribution < 1.29 is 5.11 Å². The zero-order valence-electron chi connectivity index (χ0n) is 10.5. The van der Waals surface area contributed by atoms with E-state index in [0.29, 0.717) is 6.54 Å². The molecule has 0 spiro atoms. The third-order valence-electron chi connectivity index (χ3n) is 2.94. The molecule has 2 N–H and O–H groups in total. The summed E-state index contributed by atoms with van der Waals surface area (Å²) in [7, 11) is 0. The van der Waals surface area contributed by atoms with E-state index in [0.717, 1.165) is 17.7 Å². The SMILES string of the molecule is CC(O)(CNCc1ccncc1)c1ccccc1. The van der Waals surface area contributed by atoms with E-state index in [1.807, 2.05) is 49.4 Å². The van der Waals surface area contributed by atoms with E-state index in [1.54, 1.807) is 12.4 Å². The van der Waals surface area contributed by atoms with Gasteiger partial charge >= 0.3 is 0 Å². The third kappa shape index (κ3) is 3.39. The Morgan fingerprint density at radius 3 is 2.44 bits per heavy atom. The quantitative estimate of drug-likeness (QED) is 0.843. The molecule has 0 aliphatic heterocycles. The van der Waals surface area contributed by atoms with Gasteiger partial charge in [-0.25, -0.2) is 0 Å². The van der Waals surface area contributed by atoms with E-state index >= 15 is 0 Å². The van der Waals surface area contributed by atoms with Crippen molar-refractivity contribution >= 4 is 0 Å². The summed E-state index contributed by atoms with van der Waals surface area (Å²) >= 11 is 0. The second-order valence-corrected chi connectivity index (χ2v) is 4.60. The van der Waals surface area contributed by atoms with Crippen LogP contribution < -0.4 is 5.32 Å². The predicted molar refractivity (Wildman–Crippen MR) is 72.0 cm³/mol. The number of nitrogens with one attached hydrogen (secondary N) is 1. The van der Waals surface area contributed by atoms with Crippen LogP contribution in [0.5, 0.6) is 0 Å². The number of hydrogen-bond donors (Lipinski definition) is 2. The fourth-order valence-electron chi connectivity index (χ4n) is 1.85. The molecule has 1 unspecified atom stereocenters. The van der Waals surface area contributed by atoms with Crippen molar-refractivity contribution in [3.05, 3.63) is 66.0 Å². The summed E-state index contributed by atoms with van der Waals surface area (Å²) in [6.07, 6.45) is 3.54. The minimum absolute atomic E-state index is 0.513. The number of hydrogen-bond acceptors (Lipinski definition) is 3. The van der Waals surface area contributed by atoms with Crippen LogP contribution in [-0.4, -0.2) is 16.6 Å². The van der Waals surface area contributed by atoms with E-state index in [-0.39, 0.29) is 0 Å². The van der Waals surface area contributed by atoms with Crippen LogP contribution in [0.4, 0.5) is 0 Å². The normalized spacial score (nSPS) is 14.1. The lowest BCUT2D eigenvalue weighted by atomic mass is 9.96. The van der Waals surface area contributed by atoms with E-state index in [2.05, 4.69) is 10.3 Å². The summed E-state index contributed by atoms with van der Waals surface area (Å²) in [5.41, 5.74) is 1.23. The molecule has 0 aliphatic carbocycles. The van der Waals surface area contributed by atoms with E-state index < -0.39 is 5.60 Å². The van der Waals surface area contributed by atoms with Crippen molar-refractivity contribution in [1.29, 1.82) is 0 Å². The molecule has 1 aromatic carbocycles. The Morgan fingerprint density at radius 2 is 1.78 bits per heavy atom. The summed E-state index contributed by atoms with van der Waals surface area (Å²) in [4.78, 5) is 3.97. The first-order valence-electron chi connectivity index (χ1n) is 6.06. The van der Waals surface area contributed by atoms with E-state index in [1.165, 1.54) is 0 Å². The molecular weight excluding hydrogens is 224 g/mol. The second kappa shape index (κ2) is 5.76. The average molecular weight is 242 g/mol. The average Bonchev–Trinajstić information content (AvgIpc) is 2.41. The van der Waals surface area contributed by atoms with Crippen molar-refractivity contribution in [1.82, 2.24) is 10.3 Å². The maximum absolute atomic E-state index is 10.4. The van der Waals surface area contributed by atoms with Gasteiger partial charge in [-0.15, -0.1) is 0 Å². The summed E-state index contributed by atoms with van der Waals surface area (Å²) in [5.74, 6) is 0. The van der Waals surface area contributed by atoms with Crippen LogP contribution in [-0.2, 0) is 12.1 Å². The number of aromatic nitrogens is 1. The summed E-state index contributed by atoms with van der Waals surface area (Å²) in [5, 5.41) is 13.7. The number of rotatable bonds is 5. The molecule has 3 heteroatoms. The first-order chi connectivity index (χ1) is 8.68. The number of benzene rings is 1. The lowest BCUT2D eigenvalue weighted by Gasteiger charge is -2.24. The fourth-order valence-corrected chi connectivity index (χ4v) is 1.85. The van der Waals surface area contributed by atoms with Crippen LogP contribution >= 0.6 is 0 Å². The van der Waals surface area contributed by atoms with Crippen LogP contribution in [0.25, 0.3) is 0 Å². The predicted octanol–water partition coefficient (Wildman–Crippen LogP) is 2.08. The molecule has 94 valence electrons. The zero-order valence-corrected chi connectivity index (χ0v) is 10.5. The van der Waals surface area contributed by atoms with Gasteiger partial charge in [0.1, 0.15) is 0 Å². The zero-order chi connectivity index (χ0) is 12.8. The molecule has 0 saturated heterocycles. The Morgan fingerprint density at radius 1 is 1.11 bits per heavy atom. The van der Waals surface area contributed by atoms with Crippen LogP contribution in [0.3, 0.4) is 0 Å². The molecule has 0 amide bonds. The minimum atomic E-state index is -0.853. The van der Waals surface area contributed by atoms with Gasteiger partial charge in [0.25, 0.3) is 0 Å². The topological polar surface area (TPSA) is 45.1 Å². The molecule has 2 rings (SSSR count). The van der Waals surface area contributed by atoms with Crippen molar-refractivity contribution in [2.24, 2.45) is 0 Å². The van der Waals surface area contributed by atoms with Gasteiger partial charge in [-0.05, 0) is 30.2 Å². The van der Waals surface area contributed by atoms with Gasteiger partial charge in [-0.2, -0.15) is 0 Å². The number of nitrogens with zero attached hydrogens (tertiary/aromatic N) is 1. The largest absolute Gasteiger partial charge is 0.384 e. The Kier molecular flexibility index (Phi) is 4.07. The maximum Gasteiger partial charge on any atom is 0.0992 e.